The van der Waals surface area contributed by atoms with Gasteiger partial charge in [-0.1, -0.05) is 13.8 Å². The number of rotatable bonds is 20. The molecule has 6 unspecified atom stereocenters. The molecule has 0 radical (unpaired) electrons. The number of aliphatic hydroxyl groups excluding tert-OH is 1. The van der Waals surface area contributed by atoms with Crippen LogP contribution in [0.1, 0.15) is 33.6 Å². The molecule has 0 aliphatic rings. The third kappa shape index (κ3) is 15.7. The predicted molar refractivity (Wildman–Crippen MR) is 156 cm³/mol. The zero-order valence-corrected chi connectivity index (χ0v) is 25.6. The third-order valence-corrected chi connectivity index (χ3v) is 6.16. The fraction of sp³-hybridized carbons (Fsp3) is 0.625. The van der Waals surface area contributed by atoms with Crippen molar-refractivity contribution in [2.45, 2.75) is 69.9 Å². The Hall–Kier alpha value is -4.50. The van der Waals surface area contributed by atoms with E-state index in [1.165, 1.54) is 13.8 Å². The summed E-state index contributed by atoms with van der Waals surface area (Å²) in [5, 5.41) is 41.4. The molecule has 0 heterocycles. The van der Waals surface area contributed by atoms with E-state index in [2.05, 4.69) is 44.5 Å². The molecule has 21 heteroatoms. The number of hydrogen-bond acceptors (Lipinski definition) is 12. The molecule has 0 saturated heterocycles. The Morgan fingerprint density at radius 2 is 1.22 bits per heavy atom. The van der Waals surface area contributed by atoms with Crippen LogP contribution in [0.25, 0.3) is 0 Å². The van der Waals surface area contributed by atoms with Crippen molar-refractivity contribution >= 4 is 65.9 Å². The standard InChI is InChI=1S/C24H40N8O12S/c1-9(2)18(22(41)30-13(24(43)44)4-14(26)34)32-21(40)12(5-17(37)38)29-23(42)19(10(3)33)31-16(36)7-27-15(35)6-28-20(39)11(25)8-45/h9-13,18-19,33,45H,4-8,25H2,1-3H3,(H2,26,34)(H,27,35)(H,28,39)(H,29,42)(H,30,41)(H,31,36)(H,32,40)(H,37,38)(H,43,44). The van der Waals surface area contributed by atoms with Gasteiger partial charge in [0, 0.05) is 5.75 Å². The lowest BCUT2D eigenvalue weighted by molar-refractivity contribution is -0.144. The number of aliphatic carboxylic acids is 2. The highest BCUT2D eigenvalue weighted by Crippen LogP contribution is 2.06. The molecule has 13 N–H and O–H groups in total. The fourth-order valence-electron chi connectivity index (χ4n) is 3.35. The number of carboxylic acid groups (broad SMARTS) is 2. The normalized spacial score (nSPS) is 14.7. The van der Waals surface area contributed by atoms with E-state index in [1.807, 2.05) is 0 Å². The Bertz CT molecular complexity index is 1140. The van der Waals surface area contributed by atoms with Crippen molar-refractivity contribution in [1.29, 1.82) is 0 Å². The van der Waals surface area contributed by atoms with E-state index >= 15 is 0 Å². The number of primary amides is 1. The van der Waals surface area contributed by atoms with Crippen molar-refractivity contribution in [3.63, 3.8) is 0 Å². The molecule has 0 aromatic rings. The lowest BCUT2D eigenvalue weighted by Crippen LogP contribution is -2.61. The molecule has 7 amide bonds. The van der Waals surface area contributed by atoms with E-state index in [1.54, 1.807) is 0 Å². The van der Waals surface area contributed by atoms with Crippen LogP contribution < -0.4 is 43.4 Å². The quantitative estimate of drug-likeness (QED) is 0.0540. The van der Waals surface area contributed by atoms with Gasteiger partial charge in [-0.3, -0.25) is 38.4 Å². The van der Waals surface area contributed by atoms with Gasteiger partial charge in [0.25, 0.3) is 0 Å². The molecular formula is C24H40N8O12S. The van der Waals surface area contributed by atoms with Gasteiger partial charge >= 0.3 is 11.9 Å². The minimum absolute atomic E-state index is 0.0207. The van der Waals surface area contributed by atoms with Crippen molar-refractivity contribution in [3.05, 3.63) is 0 Å². The number of amides is 7. The molecule has 0 aliphatic heterocycles. The van der Waals surface area contributed by atoms with Crippen LogP contribution in [0.15, 0.2) is 0 Å². The van der Waals surface area contributed by atoms with Crippen molar-refractivity contribution in [1.82, 2.24) is 31.9 Å². The molecule has 0 spiro atoms. The van der Waals surface area contributed by atoms with Gasteiger partial charge in [-0.15, -0.1) is 0 Å². The maximum Gasteiger partial charge on any atom is 0.326 e. The zero-order valence-electron chi connectivity index (χ0n) is 24.7. The first kappa shape index (κ1) is 40.5. The van der Waals surface area contributed by atoms with Crippen LogP contribution in [0, 0.1) is 5.92 Å². The zero-order chi connectivity index (χ0) is 35.0. The number of aliphatic hydroxyl groups is 1. The van der Waals surface area contributed by atoms with E-state index in [-0.39, 0.29) is 5.75 Å². The van der Waals surface area contributed by atoms with E-state index in [4.69, 9.17) is 11.5 Å². The Balaban J connectivity index is 5.53. The van der Waals surface area contributed by atoms with Crippen molar-refractivity contribution in [2.75, 3.05) is 18.8 Å². The molecule has 20 nitrogen and oxygen atoms in total. The number of hydrogen-bond donors (Lipinski definition) is 12. The van der Waals surface area contributed by atoms with Crippen molar-refractivity contribution in [2.24, 2.45) is 17.4 Å². The van der Waals surface area contributed by atoms with Crippen molar-refractivity contribution in [3.8, 4) is 0 Å². The largest absolute Gasteiger partial charge is 0.481 e. The average molecular weight is 665 g/mol. The maximum atomic E-state index is 13.0. The monoisotopic (exact) mass is 664 g/mol. The van der Waals surface area contributed by atoms with Crippen LogP contribution in [-0.4, -0.2) is 124 Å². The van der Waals surface area contributed by atoms with Gasteiger partial charge in [0.1, 0.15) is 24.2 Å². The molecule has 45 heavy (non-hydrogen) atoms. The van der Waals surface area contributed by atoms with Gasteiger partial charge in [0.05, 0.1) is 38.1 Å². The lowest BCUT2D eigenvalue weighted by Gasteiger charge is -2.27. The average Bonchev–Trinajstić information content (AvgIpc) is 2.93. The highest BCUT2D eigenvalue weighted by atomic mass is 32.1. The van der Waals surface area contributed by atoms with Gasteiger partial charge in [-0.2, -0.15) is 12.6 Å². The first-order valence-corrected chi connectivity index (χ1v) is 14.0. The third-order valence-electron chi connectivity index (χ3n) is 5.76. The van der Waals surface area contributed by atoms with E-state index in [9.17, 15) is 58.5 Å². The topological polar surface area (TPSA) is 339 Å². The number of carboxylic acids is 2. The first-order chi connectivity index (χ1) is 20.8. The second-order valence-corrected chi connectivity index (χ2v) is 10.4. The van der Waals surface area contributed by atoms with E-state index in [0.29, 0.717) is 0 Å². The Labute approximate surface area is 262 Å². The molecule has 0 aromatic carbocycles. The number of carbonyl (C=O) groups excluding carboxylic acids is 7. The molecule has 0 rings (SSSR count). The fourth-order valence-corrected chi connectivity index (χ4v) is 3.52. The molecule has 0 saturated carbocycles. The summed E-state index contributed by atoms with van der Waals surface area (Å²) in [6, 6.07) is -7.75. The Morgan fingerprint density at radius 1 is 0.689 bits per heavy atom. The summed E-state index contributed by atoms with van der Waals surface area (Å²) in [7, 11) is 0. The van der Waals surface area contributed by atoms with Crippen LogP contribution in [0.5, 0.6) is 0 Å². The number of nitrogens with one attached hydrogen (secondary N) is 6. The lowest BCUT2D eigenvalue weighted by atomic mass is 10.0. The molecule has 6 atom stereocenters. The van der Waals surface area contributed by atoms with Gasteiger partial charge < -0.3 is 58.7 Å². The summed E-state index contributed by atoms with van der Waals surface area (Å²) in [5.41, 5.74) is 10.4. The molecular weight excluding hydrogens is 624 g/mol. The second kappa shape index (κ2) is 19.7. The molecule has 0 bridgehead atoms. The second-order valence-electron chi connectivity index (χ2n) is 10.0. The number of thiol groups is 1. The SMILES string of the molecule is CC(C)C(NC(=O)C(CC(=O)O)NC(=O)C(NC(=O)CNC(=O)CNC(=O)C(N)CS)C(C)O)C(=O)NC(CC(N)=O)C(=O)O. The minimum atomic E-state index is -1.85. The molecule has 254 valence electrons. The Kier molecular flexibility index (Phi) is 17.7. The predicted octanol–water partition coefficient (Wildman–Crippen LogP) is -6.11. The number of carbonyl (C=O) groups is 9. The highest BCUT2D eigenvalue weighted by molar-refractivity contribution is 7.80. The summed E-state index contributed by atoms with van der Waals surface area (Å²) in [4.78, 5) is 108. The number of nitrogens with two attached hydrogens (primary N) is 2. The summed E-state index contributed by atoms with van der Waals surface area (Å²) < 4.78 is 0. The Morgan fingerprint density at radius 3 is 1.69 bits per heavy atom. The van der Waals surface area contributed by atoms with Crippen LogP contribution in [-0.2, 0) is 43.2 Å². The van der Waals surface area contributed by atoms with Crippen LogP contribution >= 0.6 is 12.6 Å². The van der Waals surface area contributed by atoms with Crippen molar-refractivity contribution < 1.29 is 58.5 Å². The first-order valence-electron chi connectivity index (χ1n) is 13.3. The minimum Gasteiger partial charge on any atom is -0.481 e. The van der Waals surface area contributed by atoms with Crippen LogP contribution in [0.3, 0.4) is 0 Å². The highest BCUT2D eigenvalue weighted by Gasteiger charge is 2.35. The van der Waals surface area contributed by atoms with Gasteiger partial charge in [0.15, 0.2) is 0 Å². The summed E-state index contributed by atoms with van der Waals surface area (Å²) in [6.07, 6.45) is -3.36. The van der Waals surface area contributed by atoms with Gasteiger partial charge in [0.2, 0.25) is 41.4 Å². The van der Waals surface area contributed by atoms with Crippen LogP contribution in [0.2, 0.25) is 0 Å². The summed E-state index contributed by atoms with van der Waals surface area (Å²) in [5.74, 6) is -10.8. The molecule has 0 aromatic heterocycles. The molecule has 0 aliphatic carbocycles. The maximum absolute atomic E-state index is 13.0. The summed E-state index contributed by atoms with van der Waals surface area (Å²) in [6.45, 7) is 2.78. The van der Waals surface area contributed by atoms with Gasteiger partial charge in [-0.25, -0.2) is 4.79 Å². The van der Waals surface area contributed by atoms with Crippen LogP contribution in [0.4, 0.5) is 0 Å². The smallest absolute Gasteiger partial charge is 0.326 e. The van der Waals surface area contributed by atoms with E-state index in [0.717, 1.165) is 6.92 Å². The van der Waals surface area contributed by atoms with E-state index < -0.39 is 121 Å². The molecule has 0 fully saturated rings. The summed E-state index contributed by atoms with van der Waals surface area (Å²) >= 11 is 3.85. The van der Waals surface area contributed by atoms with Gasteiger partial charge in [-0.05, 0) is 12.8 Å².